The molecule has 34 N–H and O–H groups in total. The summed E-state index contributed by atoms with van der Waals surface area (Å²) >= 11 is 0. The highest BCUT2D eigenvalue weighted by molar-refractivity contribution is 6.02. The van der Waals surface area contributed by atoms with Gasteiger partial charge >= 0.3 is 5.97 Å². The fourth-order valence-corrected chi connectivity index (χ4v) is 13.9. The van der Waals surface area contributed by atoms with E-state index in [-0.39, 0.29) is 76.8 Å². The number of amides is 17. The first-order valence-electron chi connectivity index (χ1n) is 44.7. The van der Waals surface area contributed by atoms with Crippen LogP contribution in [0.4, 0.5) is 0 Å². The maximum Gasteiger partial charge on any atom is 0.325 e. The molecule has 0 aromatic heterocycles. The van der Waals surface area contributed by atoms with Gasteiger partial charge in [-0.15, -0.1) is 0 Å². The molecule has 4 aromatic rings. The minimum Gasteiger partial charge on any atom is -0.480 e. The van der Waals surface area contributed by atoms with Crippen molar-refractivity contribution in [3.8, 4) is 0 Å². The van der Waals surface area contributed by atoms with E-state index in [1.807, 2.05) is 0 Å². The molecule has 4 aromatic carbocycles. The molecule has 0 spiro atoms. The van der Waals surface area contributed by atoms with Crippen LogP contribution < -0.4 is 114 Å². The summed E-state index contributed by atoms with van der Waals surface area (Å²) in [7, 11) is 1.26. The Morgan fingerprint density at radius 2 is 0.623 bits per heavy atom. The van der Waals surface area contributed by atoms with E-state index in [0.717, 1.165) is 25.7 Å². The second-order valence-electron chi connectivity index (χ2n) is 34.0. The Morgan fingerprint density at radius 3 is 0.957 bits per heavy atom. The lowest BCUT2D eigenvalue weighted by atomic mass is 9.99. The molecule has 4 rings (SSSR count). The summed E-state index contributed by atoms with van der Waals surface area (Å²) in [6.07, 6.45) is -7.73. The average molecular weight is 1940 g/mol. The molecule has 48 heteroatoms. The number of rotatable bonds is 61. The van der Waals surface area contributed by atoms with E-state index in [4.69, 9.17) is 39.5 Å². The molecule has 0 fully saturated rings. The fourth-order valence-electron chi connectivity index (χ4n) is 13.9. The van der Waals surface area contributed by atoms with Crippen molar-refractivity contribution < 1.29 is 117 Å². The van der Waals surface area contributed by atoms with Gasteiger partial charge in [0, 0.05) is 52.2 Å². The number of primary amides is 2. The fraction of sp³-hybridized carbons (Fsp3) is 0.511. The number of carbonyl (C=O) groups is 18. The van der Waals surface area contributed by atoms with Crippen LogP contribution >= 0.6 is 0 Å². The van der Waals surface area contributed by atoms with E-state index in [1.54, 1.807) is 149 Å². The number of carbonyl (C=O) groups excluding carboxylic acids is 17. The molecule has 0 bridgehead atoms. The third-order valence-corrected chi connectivity index (χ3v) is 21.4. The molecule has 0 saturated carbocycles. The van der Waals surface area contributed by atoms with Crippen molar-refractivity contribution in [2.75, 3.05) is 40.0 Å². The van der Waals surface area contributed by atoms with Crippen molar-refractivity contribution >= 4 is 118 Å². The van der Waals surface area contributed by atoms with Crippen LogP contribution in [0, 0.1) is 22.7 Å². The van der Waals surface area contributed by atoms with E-state index in [1.165, 1.54) is 7.05 Å². The van der Waals surface area contributed by atoms with E-state index < -0.39 is 279 Å². The Labute approximate surface area is 797 Å². The zero-order chi connectivity index (χ0) is 103. The standard InChI is InChI=1S/C90H134N24O24/c1-47(2)37-60(104-74(123)57(31-21-35-98-89(94)95)101-77(126)61(39-52-23-13-9-14-24-52)106-79(128)63(41-54-27-17-11-18-28-54)109-86(135)72(51(7)119)113-83(132)67(46-117)111-84(133)68(38-48(3)4)114(8)87(136)56(91)44-115)76(125)105-62(40-53-25-15-10-16-26-53)78(127)108-65(43-70(93)121)80(129)102-58(32-22-36-99-90(96)97)75(124)110-66(45-116)82(131)107-64(42-55-29-19-12-20-30-55)81(130)112-71(50(6)118)85(134)103-59(33-34-69(92)120)73(122)100-49(5)88(137)138/h9-20,23-30,47-51,56-68,71-72,115-119H,21-22,31-46,91H2,1-8H3,(H2,92,120)(H2,93,121)(H,100,122)(H,101,126)(H,102,129)(H,103,134)(H,104,123)(H,105,125)(H,106,128)(H,107,131)(H,108,127)(H,109,135)(H,110,124)(H,111,133)(H,112,130)(H,113,132)(H,137,138)(H4,94,95,98)(H4,96,97,99)/t49-,50+,51+,56-,57-,58-,59-,60-,61-,62-,63-,64-,65-,66-,67-,68-,71-,72-/m0/s1. The molecule has 758 valence electrons. The highest BCUT2D eigenvalue weighted by Gasteiger charge is 2.41. The molecule has 0 saturated heterocycles. The molecular weight excluding hydrogens is 1800 g/mol. The minimum absolute atomic E-state index is 0.0122. The van der Waals surface area contributed by atoms with Crippen molar-refractivity contribution in [3.63, 3.8) is 0 Å². The number of benzene rings is 4. The lowest BCUT2D eigenvalue weighted by molar-refractivity contribution is -0.142. The van der Waals surface area contributed by atoms with Crippen LogP contribution in [-0.2, 0) is 112 Å². The van der Waals surface area contributed by atoms with Gasteiger partial charge in [0.2, 0.25) is 100 Å². The van der Waals surface area contributed by atoms with Crippen molar-refractivity contribution in [2.24, 2.45) is 40.5 Å². The zero-order valence-electron chi connectivity index (χ0n) is 78.2. The number of nitrogens with zero attached hydrogens (tertiary/aromatic N) is 1. The first-order valence-corrected chi connectivity index (χ1v) is 44.7. The maximum absolute atomic E-state index is 15.2. The Hall–Kier alpha value is -14.4. The summed E-state index contributed by atoms with van der Waals surface area (Å²) < 4.78 is 0. The molecule has 0 heterocycles. The summed E-state index contributed by atoms with van der Waals surface area (Å²) in [4.78, 5) is 253. The smallest absolute Gasteiger partial charge is 0.325 e. The van der Waals surface area contributed by atoms with Gasteiger partial charge in [-0.05, 0) is 99.8 Å². The van der Waals surface area contributed by atoms with E-state index in [0.29, 0.717) is 22.3 Å². The van der Waals surface area contributed by atoms with Gasteiger partial charge in [0.05, 0.1) is 38.4 Å². The van der Waals surface area contributed by atoms with Crippen molar-refractivity contribution in [1.82, 2.24) is 90.0 Å². The molecule has 0 aliphatic rings. The number of nitrogens with one attached hydrogen (secondary N) is 18. The molecule has 0 radical (unpaired) electrons. The second kappa shape index (κ2) is 59.5. The van der Waals surface area contributed by atoms with Gasteiger partial charge in [-0.2, -0.15) is 0 Å². The van der Waals surface area contributed by atoms with Crippen LogP contribution in [0.1, 0.15) is 129 Å². The highest BCUT2D eigenvalue weighted by Crippen LogP contribution is 2.18. The van der Waals surface area contributed by atoms with Crippen LogP contribution in [0.5, 0.6) is 0 Å². The third kappa shape index (κ3) is 41.5. The number of carboxylic acid groups (broad SMARTS) is 1. The topological polar surface area (TPSA) is 802 Å². The average Bonchev–Trinajstić information content (AvgIpc) is 0.844. The van der Waals surface area contributed by atoms with Crippen LogP contribution in [-0.4, -0.2) is 303 Å². The summed E-state index contributed by atoms with van der Waals surface area (Å²) in [6.45, 7) is 6.94. The van der Waals surface area contributed by atoms with E-state index in [9.17, 15) is 93.0 Å². The molecule has 17 amide bonds. The number of carboxylic acids is 1. The molecule has 18 atom stereocenters. The Bertz CT molecular complexity index is 4760. The molecule has 0 unspecified atom stereocenters. The van der Waals surface area contributed by atoms with Gasteiger partial charge in [-0.1, -0.05) is 149 Å². The van der Waals surface area contributed by atoms with Crippen molar-refractivity contribution in [3.05, 3.63) is 144 Å². The van der Waals surface area contributed by atoms with E-state index >= 15 is 24.0 Å². The first kappa shape index (κ1) is 116. The quantitative estimate of drug-likeness (QED) is 0.0111. The number of likely N-dealkylation sites (N-methyl/N-ethyl adjacent to an activating group) is 1. The van der Waals surface area contributed by atoms with Crippen LogP contribution in [0.2, 0.25) is 0 Å². The summed E-state index contributed by atoms with van der Waals surface area (Å²) in [5.74, 6) is -21.8. The molecule has 138 heavy (non-hydrogen) atoms. The van der Waals surface area contributed by atoms with Gasteiger partial charge in [0.1, 0.15) is 96.7 Å². The Balaban J connectivity index is 1.71. The van der Waals surface area contributed by atoms with Crippen molar-refractivity contribution in [1.29, 1.82) is 10.8 Å². The third-order valence-electron chi connectivity index (χ3n) is 21.4. The lowest BCUT2D eigenvalue weighted by Gasteiger charge is -2.31. The summed E-state index contributed by atoms with van der Waals surface area (Å²) in [6, 6.07) is 4.96. The SMILES string of the molecule is CC(C)C[C@H](NC(=O)[C@H](CCCNC(=N)N)NC(=O)[C@H](Cc1ccccc1)NC(=O)[C@H](Cc1ccccc1)NC(=O)[C@@H](NC(=O)[C@H](CO)NC(=O)[C@H](CC(C)C)N(C)C(=O)[C@@H](N)CO)[C@@H](C)O)C(=O)N[C@@H](Cc1ccccc1)C(=O)N[C@@H](CC(N)=O)C(=O)N[C@@H](CCCNC(=N)N)C(=O)N[C@@H](CO)C(=O)N[C@@H](Cc1ccccc1)C(=O)N[C@H](C(=O)N[C@@H](CCC(N)=O)C(=O)N[C@@H](C)C(=O)O)[C@@H](C)O. The van der Waals surface area contributed by atoms with Gasteiger partial charge < -0.3 is 149 Å². The molecule has 0 aliphatic heterocycles. The van der Waals surface area contributed by atoms with E-state index in [2.05, 4.69) is 85.1 Å². The van der Waals surface area contributed by atoms with Crippen molar-refractivity contribution in [2.45, 2.75) is 241 Å². The lowest BCUT2D eigenvalue weighted by Crippen LogP contribution is -2.63. The normalized spacial score (nSPS) is 15.0. The number of nitrogens with two attached hydrogens (primary N) is 5. The maximum atomic E-state index is 15.2. The Kier molecular flexibility index (Phi) is 50.0. The number of guanidine groups is 2. The molecule has 48 nitrogen and oxygen atoms in total. The largest absolute Gasteiger partial charge is 0.480 e. The zero-order valence-corrected chi connectivity index (χ0v) is 78.2. The predicted molar refractivity (Wildman–Crippen MR) is 500 cm³/mol. The monoisotopic (exact) mass is 1940 g/mol. The highest BCUT2D eigenvalue weighted by atomic mass is 16.4. The molecular formula is C90H134N24O24. The van der Waals surface area contributed by atoms with Gasteiger partial charge in [-0.3, -0.25) is 97.1 Å². The second-order valence-corrected chi connectivity index (χ2v) is 34.0. The first-order chi connectivity index (χ1) is 65.2. The predicted octanol–water partition coefficient (Wildman–Crippen LogP) is -8.50. The van der Waals surface area contributed by atoms with Gasteiger partial charge in [-0.25, -0.2) is 0 Å². The number of aliphatic carboxylic acids is 1. The molecule has 0 aliphatic carbocycles. The van der Waals surface area contributed by atoms with Gasteiger partial charge in [0.25, 0.3) is 0 Å². The van der Waals surface area contributed by atoms with Gasteiger partial charge in [0.15, 0.2) is 11.9 Å². The Morgan fingerprint density at radius 1 is 0.341 bits per heavy atom. The number of aliphatic hydroxyl groups is 5. The van der Waals surface area contributed by atoms with Crippen LogP contribution in [0.15, 0.2) is 121 Å². The summed E-state index contributed by atoms with van der Waals surface area (Å²) in [5.41, 5.74) is 29.6. The number of aliphatic hydroxyl groups excluding tert-OH is 5. The number of hydrogen-bond acceptors (Lipinski definition) is 26. The summed E-state index contributed by atoms with van der Waals surface area (Å²) in [5, 5.41) is 117. The van der Waals surface area contributed by atoms with Crippen LogP contribution in [0.25, 0.3) is 0 Å². The minimum atomic E-state index is -2.01. The van der Waals surface area contributed by atoms with Crippen LogP contribution in [0.3, 0.4) is 0 Å². The number of hydrogen-bond donors (Lipinski definition) is 29.